The van der Waals surface area contributed by atoms with E-state index < -0.39 is 5.97 Å². The van der Waals surface area contributed by atoms with Gasteiger partial charge in [-0.2, -0.15) is 0 Å². The topological polar surface area (TPSA) is 37.3 Å². The van der Waals surface area contributed by atoms with Crippen molar-refractivity contribution < 1.29 is 9.90 Å². The van der Waals surface area contributed by atoms with Crippen LogP contribution in [0, 0.1) is 17.8 Å². The molecule has 0 saturated carbocycles. The van der Waals surface area contributed by atoms with Crippen LogP contribution in [0.15, 0.2) is 0 Å². The summed E-state index contributed by atoms with van der Waals surface area (Å²) >= 11 is 0. The molecule has 3 unspecified atom stereocenters. The SMILES string of the molecule is CCCCCCC(CC(CCC)CC(C)CC)C(=O)O. The molecule has 0 radical (unpaired) electrons. The molecule has 1 N–H and O–H groups in total. The molecule has 0 bridgehead atoms. The van der Waals surface area contributed by atoms with E-state index in [1.807, 2.05) is 0 Å². The second kappa shape index (κ2) is 12.2. The lowest BCUT2D eigenvalue weighted by molar-refractivity contribution is -0.142. The lowest BCUT2D eigenvalue weighted by Crippen LogP contribution is -2.19. The Labute approximate surface area is 126 Å². The largest absolute Gasteiger partial charge is 0.481 e. The summed E-state index contributed by atoms with van der Waals surface area (Å²) in [5.74, 6) is 0.627. The average molecular weight is 284 g/mol. The van der Waals surface area contributed by atoms with Crippen LogP contribution in [-0.4, -0.2) is 11.1 Å². The van der Waals surface area contributed by atoms with Gasteiger partial charge in [-0.05, 0) is 31.1 Å². The van der Waals surface area contributed by atoms with Crippen LogP contribution in [0.2, 0.25) is 0 Å². The Kier molecular flexibility index (Phi) is 11.9. The Balaban J connectivity index is 4.30. The van der Waals surface area contributed by atoms with Crippen molar-refractivity contribution in [2.45, 2.75) is 91.9 Å². The van der Waals surface area contributed by atoms with Crippen molar-refractivity contribution >= 4 is 5.97 Å². The summed E-state index contributed by atoms with van der Waals surface area (Å²) in [6.07, 6.45) is 11.2. The van der Waals surface area contributed by atoms with Crippen LogP contribution in [0.4, 0.5) is 0 Å². The first kappa shape index (κ1) is 19.5. The molecule has 0 spiro atoms. The number of carbonyl (C=O) groups is 1. The highest BCUT2D eigenvalue weighted by Crippen LogP contribution is 2.28. The Morgan fingerprint density at radius 3 is 2.15 bits per heavy atom. The molecular formula is C18H36O2. The van der Waals surface area contributed by atoms with E-state index in [4.69, 9.17) is 0 Å². The van der Waals surface area contributed by atoms with E-state index in [2.05, 4.69) is 27.7 Å². The maximum Gasteiger partial charge on any atom is 0.306 e. The van der Waals surface area contributed by atoms with E-state index in [-0.39, 0.29) is 5.92 Å². The van der Waals surface area contributed by atoms with E-state index in [1.165, 1.54) is 44.9 Å². The minimum atomic E-state index is -0.577. The summed E-state index contributed by atoms with van der Waals surface area (Å²) in [6, 6.07) is 0. The van der Waals surface area contributed by atoms with Crippen LogP contribution in [0.5, 0.6) is 0 Å². The third-order valence-corrected chi connectivity index (χ3v) is 4.50. The van der Waals surface area contributed by atoms with Gasteiger partial charge in [0.15, 0.2) is 0 Å². The summed E-state index contributed by atoms with van der Waals surface area (Å²) in [5.41, 5.74) is 0. The molecule has 0 aliphatic rings. The van der Waals surface area contributed by atoms with Gasteiger partial charge in [-0.3, -0.25) is 4.79 Å². The standard InChI is InChI=1S/C18H36O2/c1-5-8-9-10-12-17(18(19)20)14-16(11-6-2)13-15(4)7-3/h15-17H,5-14H2,1-4H3,(H,19,20). The number of aliphatic carboxylic acids is 1. The minimum absolute atomic E-state index is 0.118. The number of carboxylic acid groups (broad SMARTS) is 1. The summed E-state index contributed by atoms with van der Waals surface area (Å²) < 4.78 is 0. The number of unbranched alkanes of at least 4 members (excludes halogenated alkanes) is 3. The lowest BCUT2D eigenvalue weighted by atomic mass is 9.82. The molecule has 2 heteroatoms. The first-order valence-corrected chi connectivity index (χ1v) is 8.77. The molecule has 120 valence electrons. The highest BCUT2D eigenvalue weighted by Gasteiger charge is 2.22. The number of carboxylic acids is 1. The Hall–Kier alpha value is -0.530. The number of hydrogen-bond acceptors (Lipinski definition) is 1. The average Bonchev–Trinajstić information content (AvgIpc) is 2.41. The molecule has 0 fully saturated rings. The first-order valence-electron chi connectivity index (χ1n) is 8.77. The molecular weight excluding hydrogens is 248 g/mol. The fourth-order valence-electron chi connectivity index (χ4n) is 3.04. The lowest BCUT2D eigenvalue weighted by Gasteiger charge is -2.23. The third-order valence-electron chi connectivity index (χ3n) is 4.50. The molecule has 0 rings (SSSR count). The van der Waals surface area contributed by atoms with Crippen molar-refractivity contribution in [1.82, 2.24) is 0 Å². The number of rotatable bonds is 13. The summed E-state index contributed by atoms with van der Waals surface area (Å²) in [6.45, 7) is 8.92. The quantitative estimate of drug-likeness (QED) is 0.427. The second-order valence-electron chi connectivity index (χ2n) is 6.52. The van der Waals surface area contributed by atoms with Crippen LogP contribution >= 0.6 is 0 Å². The molecule has 20 heavy (non-hydrogen) atoms. The number of hydrogen-bond donors (Lipinski definition) is 1. The zero-order valence-corrected chi connectivity index (χ0v) is 14.2. The second-order valence-corrected chi connectivity index (χ2v) is 6.52. The molecule has 0 amide bonds. The Morgan fingerprint density at radius 2 is 1.65 bits per heavy atom. The monoisotopic (exact) mass is 284 g/mol. The maximum absolute atomic E-state index is 11.5. The van der Waals surface area contributed by atoms with Crippen molar-refractivity contribution in [3.05, 3.63) is 0 Å². The zero-order chi connectivity index (χ0) is 15.4. The van der Waals surface area contributed by atoms with Gasteiger partial charge in [0, 0.05) is 0 Å². The van der Waals surface area contributed by atoms with E-state index in [1.54, 1.807) is 0 Å². The molecule has 0 aromatic carbocycles. The molecule has 0 saturated heterocycles. The minimum Gasteiger partial charge on any atom is -0.481 e. The molecule has 3 atom stereocenters. The summed E-state index contributed by atoms with van der Waals surface area (Å²) in [5, 5.41) is 9.44. The fourth-order valence-corrected chi connectivity index (χ4v) is 3.04. The predicted octanol–water partition coefficient (Wildman–Crippen LogP) is 5.90. The van der Waals surface area contributed by atoms with Gasteiger partial charge in [0.05, 0.1) is 5.92 Å². The highest BCUT2D eigenvalue weighted by molar-refractivity contribution is 5.69. The normalized spacial score (nSPS) is 15.8. The van der Waals surface area contributed by atoms with Crippen molar-refractivity contribution in [2.24, 2.45) is 17.8 Å². The molecule has 0 aliphatic carbocycles. The van der Waals surface area contributed by atoms with Crippen LogP contribution in [0.1, 0.15) is 91.9 Å². The van der Waals surface area contributed by atoms with Gasteiger partial charge in [0.2, 0.25) is 0 Å². The van der Waals surface area contributed by atoms with Gasteiger partial charge in [-0.1, -0.05) is 72.6 Å². The van der Waals surface area contributed by atoms with Crippen molar-refractivity contribution in [3.8, 4) is 0 Å². The highest BCUT2D eigenvalue weighted by atomic mass is 16.4. The maximum atomic E-state index is 11.5. The molecule has 2 nitrogen and oxygen atoms in total. The van der Waals surface area contributed by atoms with Crippen molar-refractivity contribution in [1.29, 1.82) is 0 Å². The fraction of sp³-hybridized carbons (Fsp3) is 0.944. The third kappa shape index (κ3) is 9.39. The van der Waals surface area contributed by atoms with Crippen LogP contribution in [0.3, 0.4) is 0 Å². The molecule has 0 aromatic heterocycles. The van der Waals surface area contributed by atoms with E-state index in [0.717, 1.165) is 25.2 Å². The molecule has 0 aliphatic heterocycles. The first-order chi connectivity index (χ1) is 9.54. The van der Waals surface area contributed by atoms with E-state index in [9.17, 15) is 9.90 Å². The summed E-state index contributed by atoms with van der Waals surface area (Å²) in [7, 11) is 0. The predicted molar refractivity (Wildman–Crippen MR) is 87.0 cm³/mol. The van der Waals surface area contributed by atoms with Gasteiger partial charge < -0.3 is 5.11 Å². The summed E-state index contributed by atoms with van der Waals surface area (Å²) in [4.78, 5) is 11.5. The Bertz CT molecular complexity index is 238. The zero-order valence-electron chi connectivity index (χ0n) is 14.2. The Morgan fingerprint density at radius 1 is 0.950 bits per heavy atom. The van der Waals surface area contributed by atoms with Gasteiger partial charge in [0.1, 0.15) is 0 Å². The van der Waals surface area contributed by atoms with Gasteiger partial charge in [-0.15, -0.1) is 0 Å². The van der Waals surface area contributed by atoms with E-state index >= 15 is 0 Å². The van der Waals surface area contributed by atoms with Gasteiger partial charge >= 0.3 is 5.97 Å². The van der Waals surface area contributed by atoms with Crippen LogP contribution in [-0.2, 0) is 4.79 Å². The van der Waals surface area contributed by atoms with Crippen molar-refractivity contribution in [2.75, 3.05) is 0 Å². The molecule has 0 aromatic rings. The van der Waals surface area contributed by atoms with E-state index in [0.29, 0.717) is 5.92 Å². The molecule has 0 heterocycles. The smallest absolute Gasteiger partial charge is 0.306 e. The van der Waals surface area contributed by atoms with Gasteiger partial charge in [0.25, 0.3) is 0 Å². The van der Waals surface area contributed by atoms with Crippen molar-refractivity contribution in [3.63, 3.8) is 0 Å². The van der Waals surface area contributed by atoms with Crippen LogP contribution in [0.25, 0.3) is 0 Å². The van der Waals surface area contributed by atoms with Gasteiger partial charge in [-0.25, -0.2) is 0 Å². The van der Waals surface area contributed by atoms with Crippen LogP contribution < -0.4 is 0 Å².